The second kappa shape index (κ2) is 6.14. The quantitative estimate of drug-likeness (QED) is 0.873. The van der Waals surface area contributed by atoms with Crippen molar-refractivity contribution in [3.05, 3.63) is 53.0 Å². The molecule has 0 aliphatic heterocycles. The number of aromatic nitrogens is 2. The molecule has 0 saturated carbocycles. The zero-order chi connectivity index (χ0) is 14.5. The molecule has 104 valence electrons. The van der Waals surface area contributed by atoms with Crippen LogP contribution in [0, 0.1) is 13.8 Å². The number of benzene rings is 1. The first-order valence-electron chi connectivity index (χ1n) is 6.42. The van der Waals surface area contributed by atoms with Crippen molar-refractivity contribution in [2.24, 2.45) is 0 Å². The van der Waals surface area contributed by atoms with Crippen LogP contribution in [0.5, 0.6) is 0 Å². The van der Waals surface area contributed by atoms with Gasteiger partial charge >= 0.3 is 5.97 Å². The van der Waals surface area contributed by atoms with E-state index >= 15 is 0 Å². The highest BCUT2D eigenvalue weighted by Crippen LogP contribution is 2.08. The number of anilines is 1. The van der Waals surface area contributed by atoms with Crippen LogP contribution in [0.15, 0.2) is 30.5 Å². The van der Waals surface area contributed by atoms with Crippen LogP contribution in [-0.4, -0.2) is 27.6 Å². The Bertz CT molecular complexity index is 609. The number of hydrogen-bond donors (Lipinski definition) is 2. The first kappa shape index (κ1) is 14.0. The molecule has 0 saturated heterocycles. The predicted octanol–water partition coefficient (Wildman–Crippen LogP) is 2.45. The van der Waals surface area contributed by atoms with Gasteiger partial charge < -0.3 is 10.4 Å². The fourth-order valence-corrected chi connectivity index (χ4v) is 1.78. The Morgan fingerprint density at radius 1 is 1.20 bits per heavy atom. The van der Waals surface area contributed by atoms with E-state index in [-0.39, 0.29) is 0 Å². The summed E-state index contributed by atoms with van der Waals surface area (Å²) in [4.78, 5) is 19.4. The van der Waals surface area contributed by atoms with Gasteiger partial charge in [-0.3, -0.25) is 4.98 Å². The Labute approximate surface area is 117 Å². The molecular formula is C15H17N3O2. The maximum atomic E-state index is 10.7. The van der Waals surface area contributed by atoms with Gasteiger partial charge in [-0.15, -0.1) is 0 Å². The Morgan fingerprint density at radius 3 is 2.50 bits per heavy atom. The Hall–Kier alpha value is -2.43. The second-order valence-electron chi connectivity index (χ2n) is 4.60. The van der Waals surface area contributed by atoms with Gasteiger partial charge in [-0.05, 0) is 38.0 Å². The Kier molecular flexibility index (Phi) is 4.30. The SMILES string of the molecule is Cc1ncc(NCCc2ccc(C(=O)O)cc2)nc1C. The van der Waals surface area contributed by atoms with Crippen LogP contribution in [0.25, 0.3) is 0 Å². The van der Waals surface area contributed by atoms with Gasteiger partial charge in [0.25, 0.3) is 0 Å². The molecule has 2 aromatic rings. The summed E-state index contributed by atoms with van der Waals surface area (Å²) in [7, 11) is 0. The third-order valence-corrected chi connectivity index (χ3v) is 3.11. The highest BCUT2D eigenvalue weighted by atomic mass is 16.4. The molecule has 0 bridgehead atoms. The lowest BCUT2D eigenvalue weighted by molar-refractivity contribution is 0.0697. The maximum absolute atomic E-state index is 10.7. The number of rotatable bonds is 5. The zero-order valence-corrected chi connectivity index (χ0v) is 11.6. The summed E-state index contributed by atoms with van der Waals surface area (Å²) in [6.45, 7) is 4.58. The van der Waals surface area contributed by atoms with Crippen molar-refractivity contribution in [2.75, 3.05) is 11.9 Å². The van der Waals surface area contributed by atoms with Gasteiger partial charge in [0, 0.05) is 6.54 Å². The summed E-state index contributed by atoms with van der Waals surface area (Å²) in [6, 6.07) is 6.90. The molecule has 1 aromatic carbocycles. The maximum Gasteiger partial charge on any atom is 0.335 e. The van der Waals surface area contributed by atoms with E-state index in [0.717, 1.165) is 35.7 Å². The second-order valence-corrected chi connectivity index (χ2v) is 4.60. The Balaban J connectivity index is 1.89. The third-order valence-electron chi connectivity index (χ3n) is 3.11. The lowest BCUT2D eigenvalue weighted by Gasteiger charge is -2.07. The topological polar surface area (TPSA) is 75.1 Å². The molecule has 0 aliphatic carbocycles. The van der Waals surface area contributed by atoms with Gasteiger partial charge in [0.15, 0.2) is 0 Å². The van der Waals surface area contributed by atoms with Crippen LogP contribution in [-0.2, 0) is 6.42 Å². The van der Waals surface area contributed by atoms with E-state index in [0.29, 0.717) is 5.56 Å². The molecule has 0 fully saturated rings. The Morgan fingerprint density at radius 2 is 1.90 bits per heavy atom. The lowest BCUT2D eigenvalue weighted by atomic mass is 10.1. The summed E-state index contributed by atoms with van der Waals surface area (Å²) < 4.78 is 0. The van der Waals surface area contributed by atoms with E-state index in [1.165, 1.54) is 0 Å². The van der Waals surface area contributed by atoms with Crippen molar-refractivity contribution in [1.29, 1.82) is 0 Å². The van der Waals surface area contributed by atoms with Gasteiger partial charge in [0.05, 0.1) is 23.1 Å². The van der Waals surface area contributed by atoms with Crippen molar-refractivity contribution in [3.8, 4) is 0 Å². The molecule has 1 aromatic heterocycles. The summed E-state index contributed by atoms with van der Waals surface area (Å²) in [5, 5.41) is 12.0. The monoisotopic (exact) mass is 271 g/mol. The molecular weight excluding hydrogens is 254 g/mol. The predicted molar refractivity (Wildman–Crippen MR) is 77.1 cm³/mol. The van der Waals surface area contributed by atoms with Crippen molar-refractivity contribution in [3.63, 3.8) is 0 Å². The number of carboxylic acids is 1. The number of aromatic carboxylic acids is 1. The van der Waals surface area contributed by atoms with Crippen molar-refractivity contribution in [1.82, 2.24) is 9.97 Å². The molecule has 0 radical (unpaired) electrons. The fraction of sp³-hybridized carbons (Fsp3) is 0.267. The molecule has 0 unspecified atom stereocenters. The number of aryl methyl sites for hydroxylation is 2. The van der Waals surface area contributed by atoms with E-state index in [2.05, 4.69) is 15.3 Å². The number of nitrogens with one attached hydrogen (secondary N) is 1. The van der Waals surface area contributed by atoms with Gasteiger partial charge in [0.1, 0.15) is 5.82 Å². The van der Waals surface area contributed by atoms with Crippen LogP contribution in [0.3, 0.4) is 0 Å². The number of nitrogens with zero attached hydrogens (tertiary/aromatic N) is 2. The molecule has 0 aliphatic rings. The van der Waals surface area contributed by atoms with E-state index in [1.807, 2.05) is 26.0 Å². The normalized spacial score (nSPS) is 10.3. The molecule has 5 heteroatoms. The lowest BCUT2D eigenvalue weighted by Crippen LogP contribution is -2.08. The summed E-state index contributed by atoms with van der Waals surface area (Å²) in [5.74, 6) is -0.143. The van der Waals surface area contributed by atoms with Gasteiger partial charge in [-0.25, -0.2) is 9.78 Å². The van der Waals surface area contributed by atoms with Crippen molar-refractivity contribution in [2.45, 2.75) is 20.3 Å². The average molecular weight is 271 g/mol. The standard InChI is InChI=1S/C15H17N3O2/c1-10-11(2)18-14(9-17-10)16-8-7-12-3-5-13(6-4-12)15(19)20/h3-6,9H,7-8H2,1-2H3,(H,16,18)(H,19,20). The van der Waals surface area contributed by atoms with E-state index in [4.69, 9.17) is 5.11 Å². The largest absolute Gasteiger partial charge is 0.478 e. The zero-order valence-electron chi connectivity index (χ0n) is 11.6. The minimum atomic E-state index is -0.903. The molecule has 0 amide bonds. The molecule has 20 heavy (non-hydrogen) atoms. The van der Waals surface area contributed by atoms with Crippen LogP contribution in [0.1, 0.15) is 27.3 Å². The minimum absolute atomic E-state index is 0.307. The minimum Gasteiger partial charge on any atom is -0.478 e. The molecule has 0 spiro atoms. The van der Waals surface area contributed by atoms with E-state index < -0.39 is 5.97 Å². The smallest absolute Gasteiger partial charge is 0.335 e. The molecule has 0 atom stereocenters. The van der Waals surface area contributed by atoms with Crippen molar-refractivity contribution < 1.29 is 9.90 Å². The first-order chi connectivity index (χ1) is 9.56. The van der Waals surface area contributed by atoms with Gasteiger partial charge in [-0.2, -0.15) is 0 Å². The summed E-state index contributed by atoms with van der Waals surface area (Å²) >= 11 is 0. The number of hydrogen-bond acceptors (Lipinski definition) is 4. The third kappa shape index (κ3) is 3.54. The molecule has 5 nitrogen and oxygen atoms in total. The molecule has 2 N–H and O–H groups in total. The van der Waals surface area contributed by atoms with Crippen LogP contribution >= 0.6 is 0 Å². The van der Waals surface area contributed by atoms with E-state index in [9.17, 15) is 4.79 Å². The summed E-state index contributed by atoms with van der Waals surface area (Å²) in [6.07, 6.45) is 2.52. The number of carboxylic acid groups (broad SMARTS) is 1. The van der Waals surface area contributed by atoms with Crippen LogP contribution in [0.4, 0.5) is 5.82 Å². The number of carbonyl (C=O) groups is 1. The average Bonchev–Trinajstić information content (AvgIpc) is 2.43. The highest BCUT2D eigenvalue weighted by molar-refractivity contribution is 5.87. The van der Waals surface area contributed by atoms with Gasteiger partial charge in [0.2, 0.25) is 0 Å². The molecule has 2 rings (SSSR count). The van der Waals surface area contributed by atoms with E-state index in [1.54, 1.807) is 18.3 Å². The first-order valence-corrected chi connectivity index (χ1v) is 6.42. The van der Waals surface area contributed by atoms with Crippen molar-refractivity contribution >= 4 is 11.8 Å². The summed E-state index contributed by atoms with van der Waals surface area (Å²) in [5.41, 5.74) is 3.24. The fourth-order valence-electron chi connectivity index (χ4n) is 1.78. The van der Waals surface area contributed by atoms with Crippen LogP contribution < -0.4 is 5.32 Å². The van der Waals surface area contributed by atoms with Crippen LogP contribution in [0.2, 0.25) is 0 Å². The molecule has 1 heterocycles. The van der Waals surface area contributed by atoms with Gasteiger partial charge in [-0.1, -0.05) is 12.1 Å². The highest BCUT2D eigenvalue weighted by Gasteiger charge is 2.02.